The van der Waals surface area contributed by atoms with Gasteiger partial charge in [-0.25, -0.2) is 4.98 Å². The van der Waals surface area contributed by atoms with Crippen molar-refractivity contribution >= 4 is 33.7 Å². The molecule has 1 amide bonds. The molecule has 0 unspecified atom stereocenters. The monoisotopic (exact) mass is 358 g/mol. The zero-order valence-corrected chi connectivity index (χ0v) is 15.2. The summed E-state index contributed by atoms with van der Waals surface area (Å²) in [5, 5.41) is 12.5. The van der Waals surface area contributed by atoms with Crippen molar-refractivity contribution in [2.75, 3.05) is 5.32 Å². The van der Waals surface area contributed by atoms with Crippen LogP contribution in [0.15, 0.2) is 29.8 Å². The maximum Gasteiger partial charge on any atom is 0.226 e. The summed E-state index contributed by atoms with van der Waals surface area (Å²) >= 11 is 3.01. The molecule has 24 heavy (non-hydrogen) atoms. The number of rotatable bonds is 6. The maximum atomic E-state index is 12.0. The quantitative estimate of drug-likeness (QED) is 0.728. The molecule has 3 aromatic rings. The Morgan fingerprint density at radius 3 is 2.88 bits per heavy atom. The van der Waals surface area contributed by atoms with Crippen molar-refractivity contribution < 1.29 is 4.79 Å². The molecular weight excluding hydrogens is 340 g/mol. The second-order valence-corrected chi connectivity index (χ2v) is 7.58. The first-order valence-electron chi connectivity index (χ1n) is 7.67. The van der Waals surface area contributed by atoms with Crippen molar-refractivity contribution in [3.05, 3.63) is 56.5 Å². The lowest BCUT2D eigenvalue weighted by atomic mass is 10.1. The minimum absolute atomic E-state index is 0.0407. The smallest absolute Gasteiger partial charge is 0.226 e. The van der Waals surface area contributed by atoms with E-state index in [0.29, 0.717) is 18.0 Å². The van der Waals surface area contributed by atoms with Crippen LogP contribution in [0.3, 0.4) is 0 Å². The van der Waals surface area contributed by atoms with Gasteiger partial charge < -0.3 is 5.32 Å². The highest BCUT2D eigenvalue weighted by Crippen LogP contribution is 2.20. The number of hydrogen-bond donors (Lipinski definition) is 1. The molecule has 2 aromatic heterocycles. The van der Waals surface area contributed by atoms with Crippen LogP contribution in [0.2, 0.25) is 0 Å². The first-order chi connectivity index (χ1) is 11.6. The third kappa shape index (κ3) is 4.46. The van der Waals surface area contributed by atoms with E-state index >= 15 is 0 Å². The predicted molar refractivity (Wildman–Crippen MR) is 97.7 cm³/mol. The van der Waals surface area contributed by atoms with Crippen molar-refractivity contribution in [1.82, 2.24) is 15.2 Å². The topological polar surface area (TPSA) is 67.8 Å². The Balaban J connectivity index is 1.53. The summed E-state index contributed by atoms with van der Waals surface area (Å²) in [5.74, 6) is -0.0407. The van der Waals surface area contributed by atoms with Gasteiger partial charge in [-0.1, -0.05) is 41.2 Å². The average Bonchev–Trinajstić information content (AvgIpc) is 3.14. The van der Waals surface area contributed by atoms with Crippen LogP contribution < -0.4 is 5.32 Å². The van der Waals surface area contributed by atoms with E-state index in [0.717, 1.165) is 22.0 Å². The number of benzene rings is 1. The highest BCUT2D eigenvalue weighted by molar-refractivity contribution is 7.15. The molecule has 1 N–H and O–H groups in total. The highest BCUT2D eigenvalue weighted by Gasteiger charge is 2.10. The number of nitrogens with one attached hydrogen (secondary N) is 1. The van der Waals surface area contributed by atoms with Crippen LogP contribution in [0.5, 0.6) is 0 Å². The minimum Gasteiger partial charge on any atom is -0.301 e. The molecule has 0 aliphatic heterocycles. The number of aryl methyl sites for hydroxylation is 3. The number of thiazole rings is 1. The summed E-state index contributed by atoms with van der Waals surface area (Å²) < 4.78 is 0. The Morgan fingerprint density at radius 1 is 1.25 bits per heavy atom. The standard InChI is InChI=1S/C17H18N4OS2/c1-11-4-3-5-13(8-11)9-16-20-21-17(24-16)19-15(22)7-6-14-12(2)18-10-23-14/h3-5,8,10H,6-7,9H2,1-2H3,(H,19,21,22). The van der Waals surface area contributed by atoms with Gasteiger partial charge in [-0.15, -0.1) is 21.5 Å². The van der Waals surface area contributed by atoms with E-state index in [1.807, 2.05) is 18.5 Å². The van der Waals surface area contributed by atoms with Crippen molar-refractivity contribution in [3.63, 3.8) is 0 Å². The molecule has 0 bridgehead atoms. The van der Waals surface area contributed by atoms with Crippen LogP contribution in [0.4, 0.5) is 5.13 Å². The van der Waals surface area contributed by atoms with E-state index in [4.69, 9.17) is 0 Å². The number of nitrogens with zero attached hydrogens (tertiary/aromatic N) is 3. The van der Waals surface area contributed by atoms with E-state index in [2.05, 4.69) is 45.6 Å². The summed E-state index contributed by atoms with van der Waals surface area (Å²) in [4.78, 5) is 17.4. The molecule has 7 heteroatoms. The van der Waals surface area contributed by atoms with Crippen molar-refractivity contribution in [2.24, 2.45) is 0 Å². The van der Waals surface area contributed by atoms with Gasteiger partial charge in [0.2, 0.25) is 11.0 Å². The number of aromatic nitrogens is 3. The lowest BCUT2D eigenvalue weighted by Gasteiger charge is -2.00. The fourth-order valence-electron chi connectivity index (χ4n) is 2.35. The molecule has 2 heterocycles. The van der Waals surface area contributed by atoms with Crippen LogP contribution in [0.25, 0.3) is 0 Å². The number of anilines is 1. The Hall–Kier alpha value is -2.12. The maximum absolute atomic E-state index is 12.0. The third-order valence-electron chi connectivity index (χ3n) is 3.58. The van der Waals surface area contributed by atoms with Gasteiger partial charge in [-0.3, -0.25) is 4.79 Å². The van der Waals surface area contributed by atoms with Crippen LogP contribution >= 0.6 is 22.7 Å². The van der Waals surface area contributed by atoms with Crippen molar-refractivity contribution in [3.8, 4) is 0 Å². The summed E-state index contributed by atoms with van der Waals surface area (Å²) in [6, 6.07) is 8.32. The highest BCUT2D eigenvalue weighted by atomic mass is 32.1. The van der Waals surface area contributed by atoms with E-state index in [-0.39, 0.29) is 5.91 Å². The number of amides is 1. The van der Waals surface area contributed by atoms with Crippen LogP contribution in [0.1, 0.15) is 33.1 Å². The van der Waals surface area contributed by atoms with Gasteiger partial charge in [0.15, 0.2) is 0 Å². The zero-order valence-electron chi connectivity index (χ0n) is 13.6. The Morgan fingerprint density at radius 2 is 2.12 bits per heavy atom. The molecule has 0 spiro atoms. The van der Waals surface area contributed by atoms with Gasteiger partial charge in [0.05, 0.1) is 11.2 Å². The molecule has 0 aliphatic carbocycles. The molecule has 0 fully saturated rings. The molecule has 0 saturated heterocycles. The normalized spacial score (nSPS) is 10.8. The van der Waals surface area contributed by atoms with Gasteiger partial charge in [0.1, 0.15) is 5.01 Å². The van der Waals surface area contributed by atoms with Gasteiger partial charge in [-0.05, 0) is 25.8 Å². The average molecular weight is 358 g/mol. The first kappa shape index (κ1) is 16.7. The molecular formula is C17H18N4OS2. The molecule has 0 saturated carbocycles. The fourth-order valence-corrected chi connectivity index (χ4v) is 3.92. The summed E-state index contributed by atoms with van der Waals surface area (Å²) in [7, 11) is 0. The lowest BCUT2D eigenvalue weighted by molar-refractivity contribution is -0.116. The Kier molecular flexibility index (Phi) is 5.32. The van der Waals surface area contributed by atoms with E-state index < -0.39 is 0 Å². The minimum atomic E-state index is -0.0407. The molecule has 5 nitrogen and oxygen atoms in total. The van der Waals surface area contributed by atoms with Gasteiger partial charge >= 0.3 is 0 Å². The fraction of sp³-hybridized carbons (Fsp3) is 0.294. The van der Waals surface area contributed by atoms with E-state index in [1.165, 1.54) is 22.5 Å². The summed E-state index contributed by atoms with van der Waals surface area (Å²) in [6.45, 7) is 4.03. The van der Waals surface area contributed by atoms with E-state index in [1.54, 1.807) is 11.3 Å². The van der Waals surface area contributed by atoms with Gasteiger partial charge in [0, 0.05) is 17.7 Å². The van der Waals surface area contributed by atoms with E-state index in [9.17, 15) is 4.79 Å². The molecule has 0 radical (unpaired) electrons. The number of carbonyl (C=O) groups excluding carboxylic acids is 1. The number of hydrogen-bond acceptors (Lipinski definition) is 6. The second kappa shape index (κ2) is 7.63. The SMILES string of the molecule is Cc1cccc(Cc2nnc(NC(=O)CCc3scnc3C)s2)c1. The molecule has 1 aromatic carbocycles. The van der Waals surface area contributed by atoms with Crippen LogP contribution in [-0.2, 0) is 17.6 Å². The summed E-state index contributed by atoms with van der Waals surface area (Å²) in [6.07, 6.45) is 1.86. The van der Waals surface area contributed by atoms with Crippen LogP contribution in [0, 0.1) is 13.8 Å². The Bertz CT molecular complexity index is 840. The summed E-state index contributed by atoms with van der Waals surface area (Å²) in [5.41, 5.74) is 5.24. The zero-order chi connectivity index (χ0) is 16.9. The Labute approximate surface area is 148 Å². The van der Waals surface area contributed by atoms with Crippen molar-refractivity contribution in [2.45, 2.75) is 33.1 Å². The third-order valence-corrected chi connectivity index (χ3v) is 5.41. The molecule has 0 aliphatic rings. The van der Waals surface area contributed by atoms with Gasteiger partial charge in [-0.2, -0.15) is 0 Å². The van der Waals surface area contributed by atoms with Gasteiger partial charge in [0.25, 0.3) is 0 Å². The largest absolute Gasteiger partial charge is 0.301 e. The molecule has 0 atom stereocenters. The lowest BCUT2D eigenvalue weighted by Crippen LogP contribution is -2.12. The molecule has 124 valence electrons. The van der Waals surface area contributed by atoms with Crippen molar-refractivity contribution in [1.29, 1.82) is 0 Å². The molecule has 3 rings (SSSR count). The first-order valence-corrected chi connectivity index (χ1v) is 9.36. The van der Waals surface area contributed by atoms with Crippen LogP contribution in [-0.4, -0.2) is 21.1 Å². The predicted octanol–water partition coefficient (Wildman–Crippen LogP) is 3.77. The number of carbonyl (C=O) groups is 1. The second-order valence-electron chi connectivity index (χ2n) is 5.58.